The molecule has 0 bridgehead atoms. The molecule has 0 aliphatic carbocycles. The molecule has 0 atom stereocenters. The van der Waals surface area contributed by atoms with Crippen LogP contribution >= 0.6 is 0 Å². The lowest BCUT2D eigenvalue weighted by Crippen LogP contribution is -2.18. The minimum atomic E-state index is -0.230. The van der Waals surface area contributed by atoms with Crippen molar-refractivity contribution >= 4 is 22.2 Å². The Balaban J connectivity index is 0.000000994. The molecule has 8 nitrogen and oxygen atoms in total. The molecule has 0 fully saturated rings. The van der Waals surface area contributed by atoms with Crippen LogP contribution in [0.4, 0.5) is 0 Å². The molecule has 146 valence electrons. The molecule has 1 aromatic carbocycles. The summed E-state index contributed by atoms with van der Waals surface area (Å²) in [4.78, 5) is 32.8. The summed E-state index contributed by atoms with van der Waals surface area (Å²) in [5.74, 6) is 0.467. The first-order chi connectivity index (χ1) is 14.2. The van der Waals surface area contributed by atoms with Crippen molar-refractivity contribution in [3.63, 3.8) is 0 Å². The van der Waals surface area contributed by atoms with Gasteiger partial charge in [0.2, 0.25) is 5.95 Å². The van der Waals surface area contributed by atoms with Gasteiger partial charge in [0.1, 0.15) is 11.8 Å². The van der Waals surface area contributed by atoms with Gasteiger partial charge in [0, 0.05) is 12.4 Å². The number of pyridine rings is 1. The summed E-state index contributed by atoms with van der Waals surface area (Å²) in [5.41, 5.74) is 4.74. The van der Waals surface area contributed by atoms with Gasteiger partial charge >= 0.3 is 5.69 Å². The highest BCUT2D eigenvalue weighted by Crippen LogP contribution is 2.18. The molecule has 29 heavy (non-hydrogen) atoms. The van der Waals surface area contributed by atoms with E-state index < -0.39 is 0 Å². The Morgan fingerprint density at radius 3 is 2.76 bits per heavy atom. The normalized spacial score (nSPS) is 10.9. The van der Waals surface area contributed by atoms with E-state index in [2.05, 4.69) is 24.9 Å². The van der Waals surface area contributed by atoms with Gasteiger partial charge in [-0.15, -0.1) is 0 Å². The van der Waals surface area contributed by atoms with Crippen molar-refractivity contribution in [1.82, 2.24) is 34.1 Å². The molecule has 5 aromatic rings. The van der Waals surface area contributed by atoms with Crippen LogP contribution in [0.15, 0.2) is 60.0 Å². The standard InChI is InChI=1S/C19H15N7O.C2H6/c1-12-4-5-14-16(7-12)26(11-22-14)18-21-9-15-17(24-18)25(19(27)23-15)10-13-3-2-6-20-8-13;1-2/h2-9,11H,10H2,1H3,(H,23,27);1-2H3. The average molecular weight is 387 g/mol. The van der Waals surface area contributed by atoms with Crippen molar-refractivity contribution in [3.8, 4) is 5.95 Å². The number of imidazole rings is 2. The van der Waals surface area contributed by atoms with E-state index in [1.54, 1.807) is 29.5 Å². The van der Waals surface area contributed by atoms with E-state index in [1.807, 2.05) is 55.7 Å². The number of H-pyrrole nitrogens is 1. The Morgan fingerprint density at radius 2 is 1.97 bits per heavy atom. The summed E-state index contributed by atoms with van der Waals surface area (Å²) >= 11 is 0. The van der Waals surface area contributed by atoms with Crippen LogP contribution in [0.3, 0.4) is 0 Å². The van der Waals surface area contributed by atoms with Crippen molar-refractivity contribution in [2.24, 2.45) is 0 Å². The summed E-state index contributed by atoms with van der Waals surface area (Å²) < 4.78 is 3.41. The van der Waals surface area contributed by atoms with E-state index >= 15 is 0 Å². The summed E-state index contributed by atoms with van der Waals surface area (Å²) in [6.07, 6.45) is 6.76. The number of hydrogen-bond donors (Lipinski definition) is 1. The van der Waals surface area contributed by atoms with Crippen LogP contribution in [0.2, 0.25) is 0 Å². The molecule has 0 radical (unpaired) electrons. The highest BCUT2D eigenvalue weighted by Gasteiger charge is 2.13. The fraction of sp³-hybridized carbons (Fsp3) is 0.190. The molecule has 8 heteroatoms. The first kappa shape index (κ1) is 18.5. The van der Waals surface area contributed by atoms with Crippen molar-refractivity contribution in [1.29, 1.82) is 0 Å². The Morgan fingerprint density at radius 1 is 1.10 bits per heavy atom. The monoisotopic (exact) mass is 387 g/mol. The second-order valence-corrected chi connectivity index (χ2v) is 6.39. The minimum absolute atomic E-state index is 0.230. The molecule has 5 rings (SSSR count). The maximum Gasteiger partial charge on any atom is 0.328 e. The number of benzene rings is 1. The van der Waals surface area contributed by atoms with Crippen molar-refractivity contribution < 1.29 is 0 Å². The second kappa shape index (κ2) is 7.67. The number of hydrogen-bond acceptors (Lipinski definition) is 5. The van der Waals surface area contributed by atoms with Crippen LogP contribution in [0.5, 0.6) is 0 Å². The van der Waals surface area contributed by atoms with E-state index in [0.717, 1.165) is 22.2 Å². The summed E-state index contributed by atoms with van der Waals surface area (Å²) in [7, 11) is 0. The molecule has 0 aliphatic heterocycles. The largest absolute Gasteiger partial charge is 0.328 e. The molecule has 0 spiro atoms. The van der Waals surface area contributed by atoms with E-state index in [1.165, 1.54) is 0 Å². The lowest BCUT2D eigenvalue weighted by molar-refractivity contribution is 0.771. The Kier molecular flexibility index (Phi) is 4.90. The van der Waals surface area contributed by atoms with E-state index in [0.29, 0.717) is 23.7 Å². The Labute approximate surface area is 166 Å². The zero-order valence-corrected chi connectivity index (χ0v) is 16.5. The molecular weight excluding hydrogens is 366 g/mol. The number of aromatic nitrogens is 7. The van der Waals surface area contributed by atoms with Crippen LogP contribution < -0.4 is 5.69 Å². The number of nitrogens with zero attached hydrogens (tertiary/aromatic N) is 6. The maximum absolute atomic E-state index is 12.4. The number of aromatic amines is 1. The molecule has 0 unspecified atom stereocenters. The van der Waals surface area contributed by atoms with Gasteiger partial charge < -0.3 is 4.98 Å². The highest BCUT2D eigenvalue weighted by molar-refractivity contribution is 5.78. The maximum atomic E-state index is 12.4. The molecule has 0 saturated carbocycles. The molecule has 4 aromatic heterocycles. The lowest BCUT2D eigenvalue weighted by atomic mass is 10.2. The lowest BCUT2D eigenvalue weighted by Gasteiger charge is -2.05. The van der Waals surface area contributed by atoms with Crippen LogP contribution in [-0.2, 0) is 6.54 Å². The van der Waals surface area contributed by atoms with Crippen molar-refractivity contribution in [3.05, 3.63) is 76.9 Å². The SMILES string of the molecule is CC.Cc1ccc2ncn(-c3ncc4[nH]c(=O)n(Cc5cccnc5)c4n3)c2c1. The number of fused-ring (bicyclic) bond motifs is 2. The number of aryl methyl sites for hydroxylation is 1. The third-order valence-corrected chi connectivity index (χ3v) is 4.48. The minimum Gasteiger partial charge on any atom is -0.303 e. The molecule has 0 aliphatic rings. The van der Waals surface area contributed by atoms with Gasteiger partial charge in [0.05, 0.1) is 23.8 Å². The van der Waals surface area contributed by atoms with Gasteiger partial charge in [0.15, 0.2) is 5.65 Å². The fourth-order valence-corrected chi connectivity index (χ4v) is 3.15. The van der Waals surface area contributed by atoms with E-state index in [9.17, 15) is 4.79 Å². The average Bonchev–Trinajstić information content (AvgIpc) is 3.30. The third-order valence-electron chi connectivity index (χ3n) is 4.48. The topological polar surface area (TPSA) is 94.3 Å². The molecule has 4 heterocycles. The number of nitrogens with one attached hydrogen (secondary N) is 1. The molecule has 0 saturated heterocycles. The predicted octanol–water partition coefficient (Wildman–Crippen LogP) is 3.24. The predicted molar refractivity (Wildman–Crippen MR) is 112 cm³/mol. The van der Waals surface area contributed by atoms with Crippen LogP contribution in [0.25, 0.3) is 28.1 Å². The molecular formula is C21H21N7O. The smallest absolute Gasteiger partial charge is 0.303 e. The Bertz CT molecular complexity index is 1330. The summed E-state index contributed by atoms with van der Waals surface area (Å²) in [5, 5.41) is 0. The summed E-state index contributed by atoms with van der Waals surface area (Å²) in [6, 6.07) is 9.79. The fourth-order valence-electron chi connectivity index (χ4n) is 3.15. The van der Waals surface area contributed by atoms with E-state index in [-0.39, 0.29) is 5.69 Å². The van der Waals surface area contributed by atoms with Gasteiger partial charge in [-0.25, -0.2) is 14.8 Å². The first-order valence-corrected chi connectivity index (χ1v) is 9.47. The van der Waals surface area contributed by atoms with Crippen molar-refractivity contribution in [2.75, 3.05) is 0 Å². The van der Waals surface area contributed by atoms with Gasteiger partial charge in [-0.2, -0.15) is 4.98 Å². The van der Waals surface area contributed by atoms with Gasteiger partial charge in [-0.1, -0.05) is 26.0 Å². The molecule has 0 amide bonds. The number of rotatable bonds is 3. The third kappa shape index (κ3) is 3.40. The van der Waals surface area contributed by atoms with Gasteiger partial charge in [0.25, 0.3) is 0 Å². The Hall–Kier alpha value is -3.81. The van der Waals surface area contributed by atoms with Crippen LogP contribution in [0, 0.1) is 6.92 Å². The highest BCUT2D eigenvalue weighted by atomic mass is 16.1. The van der Waals surface area contributed by atoms with E-state index in [4.69, 9.17) is 0 Å². The summed E-state index contributed by atoms with van der Waals surface area (Å²) in [6.45, 7) is 6.41. The zero-order chi connectivity index (χ0) is 20.4. The van der Waals surface area contributed by atoms with Crippen molar-refractivity contribution in [2.45, 2.75) is 27.3 Å². The van der Waals surface area contributed by atoms with Gasteiger partial charge in [-0.3, -0.25) is 14.1 Å². The van der Waals surface area contributed by atoms with Crippen LogP contribution in [-0.4, -0.2) is 34.1 Å². The first-order valence-electron chi connectivity index (χ1n) is 9.47. The quantitative estimate of drug-likeness (QED) is 0.513. The van der Waals surface area contributed by atoms with Gasteiger partial charge in [-0.05, 0) is 36.2 Å². The second-order valence-electron chi connectivity index (χ2n) is 6.39. The van der Waals surface area contributed by atoms with Crippen LogP contribution in [0.1, 0.15) is 25.0 Å². The molecule has 1 N–H and O–H groups in total. The zero-order valence-electron chi connectivity index (χ0n) is 16.5.